The molecule has 2 N–H and O–H groups in total. The maximum Gasteiger partial charge on any atom is 0.416 e. The van der Waals surface area contributed by atoms with Crippen molar-refractivity contribution in [1.82, 2.24) is 0 Å². The molecule has 1 fully saturated rings. The molecule has 2 aromatic rings. The van der Waals surface area contributed by atoms with Crippen molar-refractivity contribution in [3.8, 4) is 5.75 Å². The molecule has 0 radical (unpaired) electrons. The third kappa shape index (κ3) is 5.46. The Morgan fingerprint density at radius 3 is 2.30 bits per heavy atom. The zero-order valence-corrected chi connectivity index (χ0v) is 17.9. The van der Waals surface area contributed by atoms with Gasteiger partial charge >= 0.3 is 12.1 Å². The van der Waals surface area contributed by atoms with Crippen LogP contribution in [0.2, 0.25) is 0 Å². The van der Waals surface area contributed by atoms with E-state index in [0.29, 0.717) is 6.07 Å². The van der Waals surface area contributed by atoms with Crippen molar-refractivity contribution in [1.29, 1.82) is 0 Å². The zero-order valence-electron chi connectivity index (χ0n) is 17.1. The van der Waals surface area contributed by atoms with Gasteiger partial charge in [0.2, 0.25) is 0 Å². The predicted octanol–water partition coefficient (Wildman–Crippen LogP) is 4.45. The summed E-state index contributed by atoms with van der Waals surface area (Å²) < 4.78 is 100. The largest absolute Gasteiger partial charge is 0.495 e. The third-order valence-corrected chi connectivity index (χ3v) is 6.49. The van der Waals surface area contributed by atoms with Crippen LogP contribution < -0.4 is 14.4 Å². The maximum absolute atomic E-state index is 13.5. The molecular formula is C20H19F5N2O5S. The van der Waals surface area contributed by atoms with Gasteiger partial charge < -0.3 is 14.7 Å². The van der Waals surface area contributed by atoms with E-state index >= 15 is 0 Å². The van der Waals surface area contributed by atoms with E-state index in [1.54, 1.807) is 0 Å². The van der Waals surface area contributed by atoms with Gasteiger partial charge in [0.05, 0.1) is 29.6 Å². The lowest BCUT2D eigenvalue weighted by atomic mass is 10.0. The summed E-state index contributed by atoms with van der Waals surface area (Å²) in [5.74, 6) is -4.59. The first kappa shape index (κ1) is 24.6. The minimum Gasteiger partial charge on any atom is -0.495 e. The minimum absolute atomic E-state index is 0.0181. The number of carboxylic acid groups (broad SMARTS) is 1. The van der Waals surface area contributed by atoms with Crippen molar-refractivity contribution in [3.05, 3.63) is 47.5 Å². The summed E-state index contributed by atoms with van der Waals surface area (Å²) >= 11 is 0. The van der Waals surface area contributed by atoms with Gasteiger partial charge in [-0.05, 0) is 36.4 Å². The van der Waals surface area contributed by atoms with Crippen molar-refractivity contribution in [2.24, 2.45) is 0 Å². The van der Waals surface area contributed by atoms with Crippen LogP contribution >= 0.6 is 0 Å². The summed E-state index contributed by atoms with van der Waals surface area (Å²) in [6.45, 7) is -0.407. The Labute approximate surface area is 185 Å². The summed E-state index contributed by atoms with van der Waals surface area (Å²) in [7, 11) is -3.50. The molecule has 1 aliphatic rings. The Hall–Kier alpha value is -3.09. The molecule has 33 heavy (non-hydrogen) atoms. The summed E-state index contributed by atoms with van der Waals surface area (Å²) in [5.41, 5.74) is -2.05. The zero-order chi connectivity index (χ0) is 24.6. The highest BCUT2D eigenvalue weighted by Gasteiger charge is 2.36. The maximum atomic E-state index is 13.5. The molecule has 2 aromatic carbocycles. The number of nitrogens with zero attached hydrogens (tertiary/aromatic N) is 1. The number of nitrogens with one attached hydrogen (secondary N) is 1. The molecule has 0 atom stereocenters. The summed E-state index contributed by atoms with van der Waals surface area (Å²) in [6, 6.07) is 5.30. The van der Waals surface area contributed by atoms with E-state index in [4.69, 9.17) is 9.84 Å². The van der Waals surface area contributed by atoms with Gasteiger partial charge in [0.15, 0.2) is 0 Å². The Morgan fingerprint density at radius 1 is 1.12 bits per heavy atom. The second kappa shape index (κ2) is 8.69. The number of aromatic carboxylic acids is 1. The van der Waals surface area contributed by atoms with E-state index in [1.165, 1.54) is 4.90 Å². The van der Waals surface area contributed by atoms with Crippen molar-refractivity contribution >= 4 is 27.4 Å². The van der Waals surface area contributed by atoms with Crippen molar-refractivity contribution in [3.63, 3.8) is 0 Å². The number of alkyl halides is 5. The van der Waals surface area contributed by atoms with E-state index in [1.807, 2.05) is 4.72 Å². The van der Waals surface area contributed by atoms with Gasteiger partial charge in [-0.1, -0.05) is 0 Å². The molecule has 0 saturated carbocycles. The predicted molar refractivity (Wildman–Crippen MR) is 109 cm³/mol. The molecule has 0 aromatic heterocycles. The Balaban J connectivity index is 2.07. The number of anilines is 2. The van der Waals surface area contributed by atoms with Crippen LogP contribution in [-0.4, -0.2) is 45.6 Å². The van der Waals surface area contributed by atoms with Crippen LogP contribution in [0.3, 0.4) is 0 Å². The normalized spacial score (nSPS) is 16.4. The van der Waals surface area contributed by atoms with E-state index in [2.05, 4.69) is 0 Å². The van der Waals surface area contributed by atoms with Gasteiger partial charge in [0.1, 0.15) is 10.6 Å². The molecule has 1 heterocycles. The van der Waals surface area contributed by atoms with Gasteiger partial charge in [-0.3, -0.25) is 4.72 Å². The van der Waals surface area contributed by atoms with Crippen LogP contribution in [0, 0.1) is 0 Å². The van der Waals surface area contributed by atoms with E-state index in [9.17, 15) is 35.2 Å². The second-order valence-electron chi connectivity index (χ2n) is 7.35. The third-order valence-electron chi connectivity index (χ3n) is 5.10. The number of methoxy groups -OCH3 is 1. The number of piperidine rings is 1. The number of halogens is 5. The molecule has 180 valence electrons. The Bertz CT molecular complexity index is 1160. The molecule has 0 aliphatic carbocycles. The number of ether oxygens (including phenoxy) is 1. The molecule has 1 saturated heterocycles. The van der Waals surface area contributed by atoms with Crippen LogP contribution in [0.1, 0.15) is 28.8 Å². The average molecular weight is 494 g/mol. The molecule has 0 spiro atoms. The number of hydrogen-bond acceptors (Lipinski definition) is 5. The van der Waals surface area contributed by atoms with E-state index < -0.39 is 62.6 Å². The average Bonchev–Trinajstić information content (AvgIpc) is 2.72. The van der Waals surface area contributed by atoms with Crippen molar-refractivity contribution in [2.75, 3.05) is 29.8 Å². The first-order chi connectivity index (χ1) is 15.2. The smallest absolute Gasteiger partial charge is 0.416 e. The quantitative estimate of drug-likeness (QED) is 0.577. The van der Waals surface area contributed by atoms with Gasteiger partial charge in [0.25, 0.3) is 15.9 Å². The number of rotatable bonds is 6. The molecule has 7 nitrogen and oxygen atoms in total. The van der Waals surface area contributed by atoms with E-state index in [-0.39, 0.29) is 24.5 Å². The molecule has 0 amide bonds. The fourth-order valence-corrected chi connectivity index (χ4v) is 4.63. The molecular weight excluding hydrogens is 475 g/mol. The van der Waals surface area contributed by atoms with Gasteiger partial charge in [0, 0.05) is 25.9 Å². The molecule has 0 bridgehead atoms. The van der Waals surface area contributed by atoms with Crippen LogP contribution in [0.4, 0.5) is 33.3 Å². The second-order valence-corrected chi connectivity index (χ2v) is 9.00. The Kier molecular flexibility index (Phi) is 6.46. The lowest BCUT2D eigenvalue weighted by Gasteiger charge is -2.34. The van der Waals surface area contributed by atoms with Crippen molar-refractivity contribution < 1.29 is 45.0 Å². The van der Waals surface area contributed by atoms with Gasteiger partial charge in [-0.25, -0.2) is 22.0 Å². The molecule has 0 unspecified atom stereocenters. The summed E-state index contributed by atoms with van der Waals surface area (Å²) in [6.07, 6.45) is -5.89. The first-order valence-corrected chi connectivity index (χ1v) is 11.0. The number of carboxylic acids is 1. The SMILES string of the molecule is COc1ccc(C(=O)O)cc1S(=O)(=O)Nc1cc(C(F)(F)F)ccc1N1CCC(F)(F)CC1. The van der Waals surface area contributed by atoms with Crippen LogP contribution in [0.25, 0.3) is 0 Å². The monoisotopic (exact) mass is 494 g/mol. The number of sulfonamides is 1. The Morgan fingerprint density at radius 2 is 1.76 bits per heavy atom. The topological polar surface area (TPSA) is 95.9 Å². The number of hydrogen-bond donors (Lipinski definition) is 2. The van der Waals surface area contributed by atoms with Gasteiger partial charge in [-0.2, -0.15) is 13.2 Å². The molecule has 13 heteroatoms. The number of benzene rings is 2. The fourth-order valence-electron chi connectivity index (χ4n) is 3.36. The summed E-state index contributed by atoms with van der Waals surface area (Å²) in [4.78, 5) is 12.0. The molecule has 1 aliphatic heterocycles. The lowest BCUT2D eigenvalue weighted by molar-refractivity contribution is -0.137. The van der Waals surface area contributed by atoms with Crippen LogP contribution in [0.5, 0.6) is 5.75 Å². The lowest BCUT2D eigenvalue weighted by Crippen LogP contribution is -2.39. The standard InChI is InChI=1S/C20H19F5N2O5S/c1-32-16-5-2-12(18(28)29)10-17(16)33(30,31)26-14-11-13(20(23,24)25)3-4-15(14)27-8-6-19(21,22)7-9-27/h2-5,10-11,26H,6-9H2,1H3,(H,28,29). The van der Waals surface area contributed by atoms with Crippen LogP contribution in [0.15, 0.2) is 41.3 Å². The first-order valence-electron chi connectivity index (χ1n) is 9.52. The highest BCUT2D eigenvalue weighted by atomic mass is 32.2. The highest BCUT2D eigenvalue weighted by Crippen LogP contribution is 2.39. The molecule has 3 rings (SSSR count). The van der Waals surface area contributed by atoms with Crippen molar-refractivity contribution in [2.45, 2.75) is 29.8 Å². The summed E-state index contributed by atoms with van der Waals surface area (Å²) in [5, 5.41) is 9.16. The minimum atomic E-state index is -4.80. The van der Waals surface area contributed by atoms with E-state index in [0.717, 1.165) is 37.4 Å². The highest BCUT2D eigenvalue weighted by molar-refractivity contribution is 7.92. The fraction of sp³-hybridized carbons (Fsp3) is 0.350. The van der Waals surface area contributed by atoms with Gasteiger partial charge in [-0.15, -0.1) is 0 Å². The number of carbonyl (C=O) groups is 1. The van der Waals surface area contributed by atoms with Crippen LogP contribution in [-0.2, 0) is 16.2 Å².